The Morgan fingerprint density at radius 1 is 1.04 bits per heavy atom. The van der Waals surface area contributed by atoms with Gasteiger partial charge in [-0.1, -0.05) is 13.0 Å². The first-order chi connectivity index (χ1) is 11.1. The van der Waals surface area contributed by atoms with Gasteiger partial charge in [-0.25, -0.2) is 0 Å². The lowest BCUT2D eigenvalue weighted by atomic mass is 10.1. The first kappa shape index (κ1) is 17.9. The number of hydrogen-bond acceptors (Lipinski definition) is 6. The van der Waals surface area contributed by atoms with E-state index in [2.05, 4.69) is 10.2 Å². The molecule has 0 amide bonds. The second-order valence-electron chi connectivity index (χ2n) is 5.47. The van der Waals surface area contributed by atoms with Gasteiger partial charge in [0.2, 0.25) is 0 Å². The number of phenolic OH excluding ortho intramolecular Hbond substituents is 1. The lowest BCUT2D eigenvalue weighted by molar-refractivity contribution is 0.471. The van der Waals surface area contributed by atoms with Crippen molar-refractivity contribution in [1.82, 2.24) is 0 Å². The second kappa shape index (κ2) is 6.58. The van der Waals surface area contributed by atoms with Crippen molar-refractivity contribution >= 4 is 27.2 Å². The van der Waals surface area contributed by atoms with Crippen LogP contribution in [0.4, 0.5) is 17.1 Å². The van der Waals surface area contributed by atoms with E-state index in [0.29, 0.717) is 28.9 Å². The molecule has 4 N–H and O–H groups in total. The molecular weight excluding hydrogens is 330 g/mol. The van der Waals surface area contributed by atoms with Gasteiger partial charge in [0.05, 0.1) is 16.3 Å². The van der Waals surface area contributed by atoms with Gasteiger partial charge in [-0.3, -0.25) is 4.55 Å². The molecule has 0 aliphatic heterocycles. The van der Waals surface area contributed by atoms with Crippen LogP contribution in [0.1, 0.15) is 23.6 Å². The first-order valence-corrected chi connectivity index (χ1v) is 8.69. The van der Waals surface area contributed by atoms with Crippen LogP contribution in [0.5, 0.6) is 5.75 Å². The van der Waals surface area contributed by atoms with Crippen molar-refractivity contribution < 1.29 is 18.1 Å². The Balaban J connectivity index is 2.52. The van der Waals surface area contributed by atoms with Crippen LogP contribution in [0.3, 0.4) is 0 Å². The van der Waals surface area contributed by atoms with Gasteiger partial charge in [-0.05, 0) is 49.1 Å². The SMILES string of the molecule is CCc1cc(C)c(N=Nc2cc(C)c(O)cc2N)cc1S(=O)(=O)O. The van der Waals surface area contributed by atoms with Crippen LogP contribution in [0, 0.1) is 13.8 Å². The molecule has 2 rings (SSSR count). The Kier molecular flexibility index (Phi) is 4.91. The lowest BCUT2D eigenvalue weighted by Gasteiger charge is -2.09. The van der Waals surface area contributed by atoms with E-state index >= 15 is 0 Å². The van der Waals surface area contributed by atoms with Crippen LogP contribution in [0.15, 0.2) is 39.4 Å². The van der Waals surface area contributed by atoms with Gasteiger partial charge in [0.15, 0.2) is 0 Å². The molecule has 0 aromatic heterocycles. The van der Waals surface area contributed by atoms with E-state index < -0.39 is 10.1 Å². The predicted octanol–water partition coefficient (Wildman–Crippen LogP) is 3.82. The highest BCUT2D eigenvalue weighted by atomic mass is 32.2. The summed E-state index contributed by atoms with van der Waals surface area (Å²) in [7, 11) is -4.35. The van der Waals surface area contributed by atoms with E-state index in [1.165, 1.54) is 12.1 Å². The van der Waals surface area contributed by atoms with Crippen molar-refractivity contribution in [2.24, 2.45) is 10.2 Å². The number of hydrogen-bond donors (Lipinski definition) is 3. The largest absolute Gasteiger partial charge is 0.508 e. The molecule has 0 unspecified atom stereocenters. The Morgan fingerprint density at radius 2 is 1.67 bits per heavy atom. The Bertz CT molecular complexity index is 921. The number of nitrogen functional groups attached to an aromatic ring is 1. The molecule has 7 nitrogen and oxygen atoms in total. The Hall–Kier alpha value is -2.45. The minimum Gasteiger partial charge on any atom is -0.508 e. The van der Waals surface area contributed by atoms with Crippen molar-refractivity contribution in [1.29, 1.82) is 0 Å². The van der Waals surface area contributed by atoms with Gasteiger partial charge in [0.1, 0.15) is 11.4 Å². The number of azo groups is 1. The average molecular weight is 349 g/mol. The summed E-state index contributed by atoms with van der Waals surface area (Å²) in [5, 5.41) is 17.7. The number of rotatable bonds is 4. The normalized spacial score (nSPS) is 12.0. The molecule has 0 aliphatic rings. The van der Waals surface area contributed by atoms with Crippen LogP contribution < -0.4 is 5.73 Å². The zero-order valence-electron chi connectivity index (χ0n) is 13.6. The fourth-order valence-corrected chi connectivity index (χ4v) is 3.05. The fraction of sp³-hybridized carbons (Fsp3) is 0.250. The van der Waals surface area contributed by atoms with E-state index in [1.54, 1.807) is 32.9 Å². The van der Waals surface area contributed by atoms with Gasteiger partial charge in [-0.2, -0.15) is 13.5 Å². The van der Waals surface area contributed by atoms with Crippen LogP contribution in [-0.4, -0.2) is 18.1 Å². The molecular formula is C16H19N3O4S. The van der Waals surface area contributed by atoms with Crippen molar-refractivity contribution in [3.63, 3.8) is 0 Å². The topological polar surface area (TPSA) is 125 Å². The van der Waals surface area contributed by atoms with Gasteiger partial charge >= 0.3 is 0 Å². The van der Waals surface area contributed by atoms with Crippen molar-refractivity contribution in [2.75, 3.05) is 5.73 Å². The summed E-state index contributed by atoms with van der Waals surface area (Å²) >= 11 is 0. The Morgan fingerprint density at radius 3 is 2.25 bits per heavy atom. The Labute approximate surface area is 140 Å². The molecule has 0 atom stereocenters. The van der Waals surface area contributed by atoms with Gasteiger partial charge < -0.3 is 10.8 Å². The smallest absolute Gasteiger partial charge is 0.294 e. The molecule has 8 heteroatoms. The van der Waals surface area contributed by atoms with E-state index in [1.807, 2.05) is 0 Å². The number of nitrogens with zero attached hydrogens (tertiary/aromatic N) is 2. The number of nitrogens with two attached hydrogens (primary N) is 1. The summed E-state index contributed by atoms with van der Waals surface area (Å²) in [6.07, 6.45) is 0.456. The summed E-state index contributed by atoms with van der Waals surface area (Å²) in [5.74, 6) is 0.0589. The molecule has 0 spiro atoms. The van der Waals surface area contributed by atoms with Crippen LogP contribution in [0.25, 0.3) is 0 Å². The molecule has 128 valence electrons. The minimum absolute atomic E-state index is 0.0589. The minimum atomic E-state index is -4.35. The maximum absolute atomic E-state index is 11.5. The zero-order valence-corrected chi connectivity index (χ0v) is 14.4. The maximum Gasteiger partial charge on any atom is 0.294 e. The van der Waals surface area contributed by atoms with Crippen molar-refractivity contribution in [2.45, 2.75) is 32.1 Å². The zero-order chi connectivity index (χ0) is 18.1. The summed E-state index contributed by atoms with van der Waals surface area (Å²) < 4.78 is 32.4. The number of aryl methyl sites for hydroxylation is 3. The molecule has 24 heavy (non-hydrogen) atoms. The third kappa shape index (κ3) is 3.72. The van der Waals surface area contributed by atoms with E-state index in [9.17, 15) is 18.1 Å². The number of anilines is 1. The van der Waals surface area contributed by atoms with E-state index in [-0.39, 0.29) is 16.3 Å². The predicted molar refractivity (Wildman–Crippen MR) is 91.8 cm³/mol. The molecule has 0 fully saturated rings. The lowest BCUT2D eigenvalue weighted by Crippen LogP contribution is -2.03. The molecule has 2 aromatic carbocycles. The highest BCUT2D eigenvalue weighted by Gasteiger charge is 2.17. The number of phenols is 1. The molecule has 0 heterocycles. The fourth-order valence-electron chi connectivity index (χ4n) is 2.25. The van der Waals surface area contributed by atoms with Gasteiger partial charge in [0, 0.05) is 6.07 Å². The molecule has 0 aliphatic carbocycles. The van der Waals surface area contributed by atoms with E-state index in [0.717, 1.165) is 5.56 Å². The van der Waals surface area contributed by atoms with Crippen LogP contribution in [0.2, 0.25) is 0 Å². The second-order valence-corrected chi connectivity index (χ2v) is 6.86. The summed E-state index contributed by atoms with van der Waals surface area (Å²) in [4.78, 5) is -0.181. The van der Waals surface area contributed by atoms with Gasteiger partial charge in [0.25, 0.3) is 10.1 Å². The summed E-state index contributed by atoms with van der Waals surface area (Å²) in [6, 6.07) is 5.90. The third-order valence-electron chi connectivity index (χ3n) is 3.65. The standard InChI is InChI=1S/C16H19N3O4S/c1-4-11-5-9(2)13(8-16(11)24(21,22)23)18-19-14-6-10(3)15(20)7-12(14)17/h5-8,20H,4,17H2,1-3H3,(H,21,22,23). The average Bonchev–Trinajstić information content (AvgIpc) is 2.49. The molecule has 0 bridgehead atoms. The number of aromatic hydroxyl groups is 1. The van der Waals surface area contributed by atoms with Crippen molar-refractivity contribution in [3.8, 4) is 5.75 Å². The molecule has 2 aromatic rings. The van der Waals surface area contributed by atoms with E-state index in [4.69, 9.17) is 5.73 Å². The molecule has 0 saturated heterocycles. The highest BCUT2D eigenvalue weighted by molar-refractivity contribution is 7.85. The molecule has 0 radical (unpaired) electrons. The van der Waals surface area contributed by atoms with Crippen LogP contribution >= 0.6 is 0 Å². The quantitative estimate of drug-likeness (QED) is 0.439. The maximum atomic E-state index is 11.5. The third-order valence-corrected chi connectivity index (χ3v) is 4.58. The van der Waals surface area contributed by atoms with Crippen LogP contribution in [-0.2, 0) is 16.5 Å². The number of benzene rings is 2. The first-order valence-electron chi connectivity index (χ1n) is 7.25. The molecule has 0 saturated carbocycles. The monoisotopic (exact) mass is 349 g/mol. The summed E-state index contributed by atoms with van der Waals surface area (Å²) in [6.45, 7) is 5.27. The summed E-state index contributed by atoms with van der Waals surface area (Å²) in [5.41, 5.74) is 8.53. The highest BCUT2D eigenvalue weighted by Crippen LogP contribution is 2.33. The van der Waals surface area contributed by atoms with Gasteiger partial charge in [-0.15, -0.1) is 5.11 Å². The van der Waals surface area contributed by atoms with Crippen molar-refractivity contribution in [3.05, 3.63) is 41.0 Å².